The van der Waals surface area contributed by atoms with Gasteiger partial charge in [-0.2, -0.15) is 0 Å². The molecule has 1 aromatic rings. The Bertz CT molecular complexity index is 541. The van der Waals surface area contributed by atoms with Gasteiger partial charge in [-0.15, -0.1) is 0 Å². The van der Waals surface area contributed by atoms with Gasteiger partial charge in [0.15, 0.2) is 15.0 Å². The van der Waals surface area contributed by atoms with Gasteiger partial charge in [-0.05, 0) is 15.9 Å². The number of sulfone groups is 1. The van der Waals surface area contributed by atoms with Crippen molar-refractivity contribution in [2.75, 3.05) is 11.5 Å². The van der Waals surface area contributed by atoms with Crippen molar-refractivity contribution in [3.8, 4) is 0 Å². The maximum Gasteiger partial charge on any atom is 0.269 e. The van der Waals surface area contributed by atoms with Crippen LogP contribution in [0.4, 0.5) is 0 Å². The molecule has 16 heavy (non-hydrogen) atoms. The van der Waals surface area contributed by atoms with E-state index in [1.807, 2.05) is 0 Å². The predicted molar refractivity (Wildman–Crippen MR) is 65.5 cm³/mol. The van der Waals surface area contributed by atoms with Crippen LogP contribution in [0.2, 0.25) is 5.15 Å². The first kappa shape index (κ1) is 13.7. The molecular weight excluding hydrogens is 320 g/mol. The number of rotatable bonds is 4. The summed E-state index contributed by atoms with van der Waals surface area (Å²) in [4.78, 5) is 15.3. The van der Waals surface area contributed by atoms with Gasteiger partial charge in [-0.25, -0.2) is 13.4 Å². The third kappa shape index (κ3) is 3.29. The largest absolute Gasteiger partial charge is 0.297 e. The van der Waals surface area contributed by atoms with Crippen LogP contribution in [0.1, 0.15) is 6.92 Å². The first-order valence-electron chi connectivity index (χ1n) is 4.48. The highest BCUT2D eigenvalue weighted by Crippen LogP contribution is 2.13. The van der Waals surface area contributed by atoms with Crippen LogP contribution in [0.15, 0.2) is 15.6 Å². The van der Waals surface area contributed by atoms with E-state index >= 15 is 0 Å². The quantitative estimate of drug-likeness (QED) is 0.776. The Morgan fingerprint density at radius 1 is 1.56 bits per heavy atom. The van der Waals surface area contributed by atoms with Crippen LogP contribution in [-0.2, 0) is 16.4 Å². The Morgan fingerprint density at radius 2 is 2.19 bits per heavy atom. The van der Waals surface area contributed by atoms with Crippen molar-refractivity contribution in [1.82, 2.24) is 9.55 Å². The monoisotopic (exact) mass is 328 g/mol. The fraction of sp³-hybridized carbons (Fsp3) is 0.500. The lowest BCUT2D eigenvalue weighted by Gasteiger charge is -2.05. The summed E-state index contributed by atoms with van der Waals surface area (Å²) in [5.74, 6) is -0.0247. The molecule has 0 aliphatic heterocycles. The molecule has 90 valence electrons. The van der Waals surface area contributed by atoms with E-state index in [4.69, 9.17) is 11.6 Å². The standard InChI is InChI=1S/C8H10BrClN2O3S/c1-2-16(14,15)4-3-12-5-11-7(10)6(9)8(12)13/h5H,2-4H2,1H3. The number of hydrogen-bond acceptors (Lipinski definition) is 4. The Hall–Kier alpha value is -0.400. The van der Waals surface area contributed by atoms with E-state index in [0.29, 0.717) is 0 Å². The maximum atomic E-state index is 11.6. The molecule has 0 saturated carbocycles. The van der Waals surface area contributed by atoms with Gasteiger partial charge in [0, 0.05) is 12.3 Å². The summed E-state index contributed by atoms with van der Waals surface area (Å²) in [6.45, 7) is 1.64. The highest BCUT2D eigenvalue weighted by molar-refractivity contribution is 9.10. The van der Waals surface area contributed by atoms with Crippen LogP contribution in [0.25, 0.3) is 0 Å². The molecule has 0 amide bonds. The molecule has 0 fully saturated rings. The molecule has 0 aliphatic carbocycles. The van der Waals surface area contributed by atoms with Gasteiger partial charge in [0.05, 0.1) is 12.1 Å². The van der Waals surface area contributed by atoms with Crippen molar-refractivity contribution in [1.29, 1.82) is 0 Å². The average Bonchev–Trinajstić information content (AvgIpc) is 2.25. The molecule has 1 heterocycles. The second-order valence-corrected chi connectivity index (χ2v) is 6.71. The van der Waals surface area contributed by atoms with Gasteiger partial charge in [0.1, 0.15) is 4.47 Å². The molecule has 0 atom stereocenters. The van der Waals surface area contributed by atoms with Gasteiger partial charge in [-0.3, -0.25) is 9.36 Å². The molecule has 0 spiro atoms. The number of aryl methyl sites for hydroxylation is 1. The van der Waals surface area contributed by atoms with Crippen LogP contribution in [0.3, 0.4) is 0 Å². The summed E-state index contributed by atoms with van der Waals surface area (Å²) in [6, 6.07) is 0. The van der Waals surface area contributed by atoms with E-state index in [9.17, 15) is 13.2 Å². The minimum atomic E-state index is -3.09. The van der Waals surface area contributed by atoms with E-state index in [1.165, 1.54) is 10.9 Å². The van der Waals surface area contributed by atoms with Crippen LogP contribution >= 0.6 is 27.5 Å². The molecule has 0 saturated heterocycles. The number of aromatic nitrogens is 2. The topological polar surface area (TPSA) is 69.0 Å². The van der Waals surface area contributed by atoms with Crippen molar-refractivity contribution in [3.05, 3.63) is 26.3 Å². The molecule has 1 rings (SSSR count). The van der Waals surface area contributed by atoms with Crippen LogP contribution in [0.5, 0.6) is 0 Å². The zero-order valence-electron chi connectivity index (χ0n) is 8.48. The van der Waals surface area contributed by atoms with E-state index in [2.05, 4.69) is 20.9 Å². The van der Waals surface area contributed by atoms with E-state index in [1.54, 1.807) is 6.92 Å². The van der Waals surface area contributed by atoms with Gasteiger partial charge in [0.25, 0.3) is 5.56 Å². The van der Waals surface area contributed by atoms with Crippen LogP contribution < -0.4 is 5.56 Å². The first-order valence-corrected chi connectivity index (χ1v) is 7.47. The van der Waals surface area contributed by atoms with Gasteiger partial charge < -0.3 is 0 Å². The Kier molecular flexibility index (Phi) is 4.52. The van der Waals surface area contributed by atoms with E-state index in [-0.39, 0.29) is 33.2 Å². The molecule has 8 heteroatoms. The number of nitrogens with zero attached hydrogens (tertiary/aromatic N) is 2. The summed E-state index contributed by atoms with van der Waals surface area (Å²) in [5.41, 5.74) is -0.383. The normalized spacial score (nSPS) is 11.7. The summed E-state index contributed by atoms with van der Waals surface area (Å²) >= 11 is 8.60. The second-order valence-electron chi connectivity index (χ2n) is 3.08. The molecular formula is C8H10BrClN2O3S. The van der Waals surface area contributed by atoms with Crippen molar-refractivity contribution in [2.45, 2.75) is 13.5 Å². The summed E-state index contributed by atoms with van der Waals surface area (Å²) in [5, 5.41) is 0.0691. The maximum absolute atomic E-state index is 11.6. The summed E-state index contributed by atoms with van der Waals surface area (Å²) < 4.78 is 23.9. The lowest BCUT2D eigenvalue weighted by molar-refractivity contribution is 0.587. The molecule has 0 aliphatic rings. The molecule has 0 N–H and O–H groups in total. The zero-order valence-corrected chi connectivity index (χ0v) is 11.6. The van der Waals surface area contributed by atoms with E-state index in [0.717, 1.165) is 0 Å². The Balaban J connectivity index is 2.93. The average molecular weight is 330 g/mol. The highest BCUT2D eigenvalue weighted by atomic mass is 79.9. The molecule has 0 radical (unpaired) electrons. The second kappa shape index (κ2) is 5.29. The fourth-order valence-electron chi connectivity index (χ4n) is 0.985. The first-order chi connectivity index (χ1) is 7.37. The van der Waals surface area contributed by atoms with Crippen molar-refractivity contribution < 1.29 is 8.42 Å². The highest BCUT2D eigenvalue weighted by Gasteiger charge is 2.11. The minimum absolute atomic E-state index is 0.0595. The molecule has 1 aromatic heterocycles. The summed E-state index contributed by atoms with van der Waals surface area (Å²) in [7, 11) is -3.09. The molecule has 0 aromatic carbocycles. The minimum Gasteiger partial charge on any atom is -0.297 e. The lowest BCUT2D eigenvalue weighted by atomic mass is 10.6. The zero-order chi connectivity index (χ0) is 12.3. The summed E-state index contributed by atoms with van der Waals surface area (Å²) in [6.07, 6.45) is 1.24. The Morgan fingerprint density at radius 3 is 2.75 bits per heavy atom. The number of hydrogen-bond donors (Lipinski definition) is 0. The van der Waals surface area contributed by atoms with Crippen molar-refractivity contribution >= 4 is 37.4 Å². The van der Waals surface area contributed by atoms with Crippen LogP contribution in [-0.4, -0.2) is 29.5 Å². The molecule has 5 nitrogen and oxygen atoms in total. The predicted octanol–water partition coefficient (Wildman–Crippen LogP) is 1.09. The van der Waals surface area contributed by atoms with Gasteiger partial charge in [0.2, 0.25) is 0 Å². The Labute approximate surface area is 106 Å². The molecule has 0 bridgehead atoms. The van der Waals surface area contributed by atoms with Crippen molar-refractivity contribution in [3.63, 3.8) is 0 Å². The van der Waals surface area contributed by atoms with E-state index < -0.39 is 9.84 Å². The fourth-order valence-corrected chi connectivity index (χ4v) is 2.20. The lowest BCUT2D eigenvalue weighted by Crippen LogP contribution is -2.25. The number of halogens is 2. The SMILES string of the molecule is CCS(=O)(=O)CCn1cnc(Cl)c(Br)c1=O. The molecule has 0 unspecified atom stereocenters. The van der Waals surface area contributed by atoms with Crippen molar-refractivity contribution in [2.24, 2.45) is 0 Å². The van der Waals surface area contributed by atoms with Gasteiger partial charge in [-0.1, -0.05) is 18.5 Å². The third-order valence-corrected chi connectivity index (χ3v) is 4.94. The van der Waals surface area contributed by atoms with Gasteiger partial charge >= 0.3 is 0 Å². The van der Waals surface area contributed by atoms with Crippen LogP contribution in [0, 0.1) is 0 Å². The smallest absolute Gasteiger partial charge is 0.269 e. The third-order valence-electron chi connectivity index (χ3n) is 2.02.